The van der Waals surface area contributed by atoms with Gasteiger partial charge in [0, 0.05) is 41.1 Å². The van der Waals surface area contributed by atoms with E-state index in [9.17, 15) is 8.42 Å². The minimum absolute atomic E-state index is 0.224. The molecule has 2 heterocycles. The van der Waals surface area contributed by atoms with Gasteiger partial charge in [-0.2, -0.15) is 4.31 Å². The number of benzene rings is 1. The van der Waals surface area contributed by atoms with Gasteiger partial charge in [-0.15, -0.1) is 22.9 Å². The van der Waals surface area contributed by atoms with Crippen LogP contribution in [0, 0.1) is 0 Å². The lowest BCUT2D eigenvalue weighted by Gasteiger charge is -2.31. The summed E-state index contributed by atoms with van der Waals surface area (Å²) >= 11 is 7.46. The molecule has 0 unspecified atom stereocenters. The third-order valence-electron chi connectivity index (χ3n) is 3.80. The highest BCUT2D eigenvalue weighted by Gasteiger charge is 2.32. The van der Waals surface area contributed by atoms with Crippen molar-refractivity contribution in [2.75, 3.05) is 33.2 Å². The summed E-state index contributed by atoms with van der Waals surface area (Å²) in [5.74, 6) is 0.224. The predicted molar refractivity (Wildman–Crippen MR) is 87.6 cm³/mol. The van der Waals surface area contributed by atoms with Crippen LogP contribution in [0.25, 0.3) is 10.1 Å². The number of rotatable bonds is 3. The van der Waals surface area contributed by atoms with Gasteiger partial charge < -0.3 is 4.90 Å². The molecule has 0 atom stereocenters. The van der Waals surface area contributed by atoms with E-state index >= 15 is 0 Å². The number of sulfonamides is 1. The van der Waals surface area contributed by atoms with E-state index in [1.54, 1.807) is 4.31 Å². The van der Waals surface area contributed by atoms with Crippen LogP contribution in [0.4, 0.5) is 0 Å². The fourth-order valence-corrected chi connectivity index (χ4v) is 6.15. The lowest BCUT2D eigenvalue weighted by molar-refractivity contribution is 0.222. The van der Waals surface area contributed by atoms with Crippen molar-refractivity contribution in [3.8, 4) is 0 Å². The second-order valence-corrected chi connectivity index (χ2v) is 8.47. The maximum absolute atomic E-state index is 13.0. The normalized spacial score (nSPS) is 18.4. The summed E-state index contributed by atoms with van der Waals surface area (Å²) in [7, 11) is -1.47. The number of fused-ring (bicyclic) bond motifs is 1. The van der Waals surface area contributed by atoms with Crippen molar-refractivity contribution in [3.05, 3.63) is 29.1 Å². The first-order chi connectivity index (χ1) is 10.0. The van der Waals surface area contributed by atoms with Crippen molar-refractivity contribution in [1.82, 2.24) is 9.21 Å². The number of thiophene rings is 1. The Balaban J connectivity index is 2.10. The van der Waals surface area contributed by atoms with E-state index in [2.05, 4.69) is 4.90 Å². The molecule has 3 rings (SSSR count). The minimum atomic E-state index is -3.48. The van der Waals surface area contributed by atoms with Gasteiger partial charge >= 0.3 is 0 Å². The van der Waals surface area contributed by atoms with Crippen molar-refractivity contribution < 1.29 is 8.42 Å². The molecule has 0 aliphatic carbocycles. The van der Waals surface area contributed by atoms with Crippen molar-refractivity contribution in [2.45, 2.75) is 10.8 Å². The van der Waals surface area contributed by atoms with Crippen LogP contribution >= 0.6 is 22.9 Å². The lowest BCUT2D eigenvalue weighted by Crippen LogP contribution is -2.47. The Bertz CT molecular complexity index is 749. The molecule has 114 valence electrons. The molecule has 1 fully saturated rings. The van der Waals surface area contributed by atoms with Crippen LogP contribution in [-0.2, 0) is 15.9 Å². The van der Waals surface area contributed by atoms with E-state index in [4.69, 9.17) is 11.6 Å². The van der Waals surface area contributed by atoms with Crippen LogP contribution in [0.5, 0.6) is 0 Å². The number of alkyl halides is 1. The molecule has 1 saturated heterocycles. The molecular formula is C14H17ClN2O2S2. The second kappa shape index (κ2) is 5.85. The van der Waals surface area contributed by atoms with Crippen molar-refractivity contribution in [3.63, 3.8) is 0 Å². The maximum Gasteiger partial charge on any atom is 0.244 e. The molecule has 4 nitrogen and oxygen atoms in total. The van der Waals surface area contributed by atoms with Gasteiger partial charge in [-0.3, -0.25) is 0 Å². The first-order valence-electron chi connectivity index (χ1n) is 6.79. The number of hydrogen-bond acceptors (Lipinski definition) is 4. The average molecular weight is 345 g/mol. The van der Waals surface area contributed by atoms with Gasteiger partial charge in [-0.25, -0.2) is 8.42 Å². The molecule has 7 heteroatoms. The molecule has 2 aromatic rings. The van der Waals surface area contributed by atoms with E-state index in [0.717, 1.165) is 28.1 Å². The molecule has 0 bridgehead atoms. The summed E-state index contributed by atoms with van der Waals surface area (Å²) in [5, 5.41) is 0.789. The molecule has 0 saturated carbocycles. The molecule has 1 aromatic heterocycles. The van der Waals surface area contributed by atoms with Crippen LogP contribution in [-0.4, -0.2) is 50.8 Å². The van der Waals surface area contributed by atoms with Gasteiger partial charge in [0.1, 0.15) is 4.90 Å². The SMILES string of the molecule is CN1CCN(S(=O)(=O)c2c(CCl)sc3ccccc23)CC1. The Hall–Kier alpha value is -0.660. The predicted octanol–water partition coefficient (Wildman–Crippen LogP) is 2.58. The summed E-state index contributed by atoms with van der Waals surface area (Å²) in [5.41, 5.74) is 0. The van der Waals surface area contributed by atoms with E-state index in [-0.39, 0.29) is 5.88 Å². The van der Waals surface area contributed by atoms with Gasteiger partial charge in [0.05, 0.1) is 5.88 Å². The highest BCUT2D eigenvalue weighted by molar-refractivity contribution is 7.89. The fourth-order valence-electron chi connectivity index (χ4n) is 2.60. The zero-order chi connectivity index (χ0) is 15.0. The van der Waals surface area contributed by atoms with Gasteiger partial charge in [0.25, 0.3) is 0 Å². The number of likely N-dealkylation sites (N-methyl/N-ethyl adjacent to an activating group) is 1. The third kappa shape index (κ3) is 2.71. The number of halogens is 1. The topological polar surface area (TPSA) is 40.6 Å². The van der Waals surface area contributed by atoms with Gasteiger partial charge in [-0.05, 0) is 13.1 Å². The molecular weight excluding hydrogens is 328 g/mol. The van der Waals surface area contributed by atoms with Gasteiger partial charge in [-0.1, -0.05) is 18.2 Å². The Morgan fingerprint density at radius 2 is 1.86 bits per heavy atom. The molecule has 0 N–H and O–H groups in total. The van der Waals surface area contributed by atoms with Gasteiger partial charge in [0.15, 0.2) is 0 Å². The Morgan fingerprint density at radius 3 is 2.52 bits per heavy atom. The van der Waals surface area contributed by atoms with Gasteiger partial charge in [0.2, 0.25) is 10.0 Å². The molecule has 0 radical (unpaired) electrons. The molecule has 1 aromatic carbocycles. The molecule has 1 aliphatic rings. The Kier molecular flexibility index (Phi) is 4.25. The zero-order valence-corrected chi connectivity index (χ0v) is 14.1. The summed E-state index contributed by atoms with van der Waals surface area (Å²) < 4.78 is 28.6. The smallest absolute Gasteiger partial charge is 0.244 e. The summed E-state index contributed by atoms with van der Waals surface area (Å²) in [6.45, 7) is 2.59. The van der Waals surface area contributed by atoms with Crippen LogP contribution in [0.1, 0.15) is 4.88 Å². The summed E-state index contributed by atoms with van der Waals surface area (Å²) in [6.07, 6.45) is 0. The highest BCUT2D eigenvalue weighted by Crippen LogP contribution is 2.37. The number of piperazine rings is 1. The van der Waals surface area contributed by atoms with Crippen LogP contribution in [0.3, 0.4) is 0 Å². The van der Waals surface area contributed by atoms with E-state index in [1.807, 2.05) is 31.3 Å². The first kappa shape index (κ1) is 15.2. The molecule has 21 heavy (non-hydrogen) atoms. The second-order valence-electron chi connectivity index (χ2n) is 5.19. The maximum atomic E-state index is 13.0. The molecule has 0 amide bonds. The van der Waals surface area contributed by atoms with Crippen molar-refractivity contribution in [2.24, 2.45) is 0 Å². The van der Waals surface area contributed by atoms with Crippen molar-refractivity contribution in [1.29, 1.82) is 0 Å². The Labute approximate surface area is 134 Å². The minimum Gasteiger partial charge on any atom is -0.304 e. The highest BCUT2D eigenvalue weighted by atomic mass is 35.5. The quantitative estimate of drug-likeness (QED) is 0.803. The van der Waals surface area contributed by atoms with E-state index in [1.165, 1.54) is 11.3 Å². The summed E-state index contributed by atoms with van der Waals surface area (Å²) in [6, 6.07) is 7.60. The van der Waals surface area contributed by atoms with Crippen LogP contribution in [0.2, 0.25) is 0 Å². The molecule has 1 aliphatic heterocycles. The van der Waals surface area contributed by atoms with E-state index in [0.29, 0.717) is 18.0 Å². The standard InChI is InChI=1S/C14H17ClN2O2S2/c1-16-6-8-17(9-7-16)21(18,19)14-11-4-2-3-5-12(11)20-13(14)10-15/h2-5H,6-10H2,1H3. The van der Waals surface area contributed by atoms with Crippen LogP contribution in [0.15, 0.2) is 29.2 Å². The van der Waals surface area contributed by atoms with E-state index < -0.39 is 10.0 Å². The zero-order valence-electron chi connectivity index (χ0n) is 11.8. The third-order valence-corrected chi connectivity index (χ3v) is 7.55. The van der Waals surface area contributed by atoms with Crippen LogP contribution < -0.4 is 0 Å². The number of hydrogen-bond donors (Lipinski definition) is 0. The Morgan fingerprint density at radius 1 is 1.19 bits per heavy atom. The van der Waals surface area contributed by atoms with Crippen molar-refractivity contribution >= 4 is 43.0 Å². The fraction of sp³-hybridized carbons (Fsp3) is 0.429. The first-order valence-corrected chi connectivity index (χ1v) is 9.58. The largest absolute Gasteiger partial charge is 0.304 e. The molecule has 0 spiro atoms. The lowest BCUT2D eigenvalue weighted by atomic mass is 10.2. The average Bonchev–Trinajstić information content (AvgIpc) is 2.87. The monoisotopic (exact) mass is 344 g/mol. The summed E-state index contributed by atoms with van der Waals surface area (Å²) in [4.78, 5) is 3.28. The number of nitrogens with zero attached hydrogens (tertiary/aromatic N) is 2.